The summed E-state index contributed by atoms with van der Waals surface area (Å²) in [4.78, 5) is 37.7. The van der Waals surface area contributed by atoms with Gasteiger partial charge in [-0.1, -0.05) is 18.2 Å². The van der Waals surface area contributed by atoms with Gasteiger partial charge < -0.3 is 28.8 Å². The Morgan fingerprint density at radius 1 is 1.12 bits per heavy atom. The van der Waals surface area contributed by atoms with Crippen molar-refractivity contribution in [3.63, 3.8) is 0 Å². The van der Waals surface area contributed by atoms with E-state index >= 15 is 0 Å². The molecule has 12 heteroatoms. The van der Waals surface area contributed by atoms with Crippen molar-refractivity contribution in [3.05, 3.63) is 72.2 Å². The van der Waals surface area contributed by atoms with Crippen molar-refractivity contribution in [3.8, 4) is 28.8 Å². The third kappa shape index (κ3) is 9.39. The molecule has 0 fully saturated rings. The summed E-state index contributed by atoms with van der Waals surface area (Å²) in [5.41, 5.74) is 0.631. The number of carbonyl (C=O) groups is 2. The zero-order valence-electron chi connectivity index (χ0n) is 23.6. The summed E-state index contributed by atoms with van der Waals surface area (Å²) in [6, 6.07) is 8.09. The molecule has 0 bridgehead atoms. The summed E-state index contributed by atoms with van der Waals surface area (Å²) in [6.07, 6.45) is 8.44. The molecular formula is C29H33N5O7. The second kappa shape index (κ2) is 15.7. The maximum Gasteiger partial charge on any atom is 0.379 e. The number of aliphatic imine (C=N–C) groups is 1. The molecule has 2 aromatic heterocycles. The first-order chi connectivity index (χ1) is 19.9. The number of nitrogens with one attached hydrogen (secondary N) is 1. The summed E-state index contributed by atoms with van der Waals surface area (Å²) in [6.45, 7) is 8.24. The Morgan fingerprint density at radius 3 is 2.61 bits per heavy atom. The third-order valence-corrected chi connectivity index (χ3v) is 5.12. The molecule has 0 unspecified atom stereocenters. The minimum Gasteiger partial charge on any atom is -0.488 e. The SMILES string of the molecule is C/C=C\C(=NC/C=C/C)NC(=O)c1cc(Oc2ccc(-c3nc(C(=O)OCC)no3)nc2)cc(O[C@@H](C)COC)c1. The molecule has 1 atom stereocenters. The summed E-state index contributed by atoms with van der Waals surface area (Å²) in [5, 5.41) is 6.44. The quantitative estimate of drug-likeness (QED) is 0.133. The smallest absolute Gasteiger partial charge is 0.379 e. The molecule has 1 amide bonds. The molecule has 0 saturated carbocycles. The lowest BCUT2D eigenvalue weighted by Gasteiger charge is -2.16. The first kappa shape index (κ1) is 30.7. The van der Waals surface area contributed by atoms with E-state index in [0.29, 0.717) is 47.5 Å². The van der Waals surface area contributed by atoms with Crippen molar-refractivity contribution in [1.29, 1.82) is 0 Å². The van der Waals surface area contributed by atoms with Crippen LogP contribution in [0.25, 0.3) is 11.6 Å². The molecule has 0 aliphatic carbocycles. The topological polar surface area (TPSA) is 147 Å². The lowest BCUT2D eigenvalue weighted by atomic mass is 10.1. The first-order valence-corrected chi connectivity index (χ1v) is 12.9. The predicted octanol–water partition coefficient (Wildman–Crippen LogP) is 4.79. The lowest BCUT2D eigenvalue weighted by Crippen LogP contribution is -2.29. The summed E-state index contributed by atoms with van der Waals surface area (Å²) >= 11 is 0. The average Bonchev–Trinajstić information content (AvgIpc) is 3.44. The number of pyridine rings is 1. The lowest BCUT2D eigenvalue weighted by molar-refractivity contribution is 0.0508. The van der Waals surface area contributed by atoms with Crippen LogP contribution < -0.4 is 14.8 Å². The number of hydrogen-bond donors (Lipinski definition) is 1. The number of carbonyl (C=O) groups excluding carboxylic acids is 2. The van der Waals surface area contributed by atoms with Crippen molar-refractivity contribution >= 4 is 17.7 Å². The molecule has 0 saturated heterocycles. The summed E-state index contributed by atoms with van der Waals surface area (Å²) in [7, 11) is 1.58. The first-order valence-electron chi connectivity index (χ1n) is 12.9. The fraction of sp³-hybridized carbons (Fsp3) is 0.310. The Kier molecular flexibility index (Phi) is 11.7. The summed E-state index contributed by atoms with van der Waals surface area (Å²) < 4.78 is 27.1. The van der Waals surface area contributed by atoms with Crippen LogP contribution in [0, 0.1) is 0 Å². The molecule has 0 aliphatic heterocycles. The Hall–Kier alpha value is -4.84. The zero-order chi connectivity index (χ0) is 29.6. The van der Waals surface area contributed by atoms with Crippen LogP contribution in [-0.2, 0) is 9.47 Å². The standard InChI is InChI=1S/C29H33N5O7/c1-6-9-13-30-25(10-7-2)32-27(35)20-14-22(39-19(4)18-37-5)16-23(15-20)40-21-11-12-24(31-17-21)28-33-26(34-41-28)29(36)38-8-3/h6-7,9-12,14-17,19H,8,13,18H2,1-5H3,(H,30,32,35)/b9-6+,10-7-/t19-/m0/s1. The van der Waals surface area contributed by atoms with Gasteiger partial charge in [0.15, 0.2) is 0 Å². The number of allylic oxidation sites excluding steroid dienone is 2. The van der Waals surface area contributed by atoms with Crippen LogP contribution in [-0.4, -0.2) is 65.8 Å². The van der Waals surface area contributed by atoms with Gasteiger partial charge in [0.1, 0.15) is 34.9 Å². The van der Waals surface area contributed by atoms with Gasteiger partial charge in [0.2, 0.25) is 0 Å². The van der Waals surface area contributed by atoms with Gasteiger partial charge in [-0.2, -0.15) is 4.98 Å². The van der Waals surface area contributed by atoms with Crippen LogP contribution >= 0.6 is 0 Å². The maximum atomic E-state index is 13.2. The number of nitrogens with zero attached hydrogens (tertiary/aromatic N) is 4. The van der Waals surface area contributed by atoms with Crippen LogP contribution in [0.5, 0.6) is 17.2 Å². The number of amidine groups is 1. The van der Waals surface area contributed by atoms with Gasteiger partial charge in [0.05, 0.1) is 26.0 Å². The molecule has 0 spiro atoms. The minimum absolute atomic E-state index is 0.0501. The van der Waals surface area contributed by atoms with E-state index < -0.39 is 5.97 Å². The van der Waals surface area contributed by atoms with Gasteiger partial charge in [-0.25, -0.2) is 9.78 Å². The largest absolute Gasteiger partial charge is 0.488 e. The predicted molar refractivity (Wildman–Crippen MR) is 151 cm³/mol. The van der Waals surface area contributed by atoms with Gasteiger partial charge >= 0.3 is 5.97 Å². The molecule has 216 valence electrons. The average molecular weight is 564 g/mol. The Balaban J connectivity index is 1.84. The highest BCUT2D eigenvalue weighted by molar-refractivity contribution is 6.10. The normalized spacial score (nSPS) is 12.5. The van der Waals surface area contributed by atoms with Crippen molar-refractivity contribution in [2.45, 2.75) is 33.8 Å². The van der Waals surface area contributed by atoms with E-state index in [4.69, 9.17) is 23.5 Å². The van der Waals surface area contributed by atoms with E-state index in [0.717, 1.165) is 0 Å². The van der Waals surface area contributed by atoms with E-state index in [9.17, 15) is 9.59 Å². The second-order valence-electron chi connectivity index (χ2n) is 8.45. The number of hydrogen-bond acceptors (Lipinski definition) is 11. The van der Waals surface area contributed by atoms with Gasteiger partial charge in [-0.05, 0) is 63.2 Å². The number of methoxy groups -OCH3 is 1. The summed E-state index contributed by atoms with van der Waals surface area (Å²) in [5.74, 6) is 0.322. The minimum atomic E-state index is -0.689. The third-order valence-electron chi connectivity index (χ3n) is 5.12. The second-order valence-corrected chi connectivity index (χ2v) is 8.45. The van der Waals surface area contributed by atoms with Crippen LogP contribution in [0.3, 0.4) is 0 Å². The number of rotatable bonds is 13. The van der Waals surface area contributed by atoms with Crippen molar-refractivity contribution in [2.75, 3.05) is 26.9 Å². The molecule has 1 N–H and O–H groups in total. The molecule has 41 heavy (non-hydrogen) atoms. The van der Waals surface area contributed by atoms with Crippen molar-refractivity contribution < 1.29 is 33.1 Å². The zero-order valence-corrected chi connectivity index (χ0v) is 23.6. The van der Waals surface area contributed by atoms with Crippen molar-refractivity contribution in [2.24, 2.45) is 4.99 Å². The van der Waals surface area contributed by atoms with Crippen molar-refractivity contribution in [1.82, 2.24) is 20.4 Å². The number of ether oxygens (including phenoxy) is 4. The maximum absolute atomic E-state index is 13.2. The highest BCUT2D eigenvalue weighted by atomic mass is 16.5. The van der Waals surface area contributed by atoms with Gasteiger partial charge in [-0.15, -0.1) is 0 Å². The van der Waals surface area contributed by atoms with E-state index in [1.54, 1.807) is 56.5 Å². The number of esters is 1. The Bertz CT molecular complexity index is 1400. The van der Waals surface area contributed by atoms with E-state index in [1.165, 1.54) is 6.20 Å². The van der Waals surface area contributed by atoms with Crippen LogP contribution in [0.15, 0.2) is 70.3 Å². The Labute approximate surface area is 238 Å². The molecule has 0 radical (unpaired) electrons. The Morgan fingerprint density at radius 2 is 1.93 bits per heavy atom. The van der Waals surface area contributed by atoms with Gasteiger partial charge in [-0.3, -0.25) is 9.79 Å². The highest BCUT2D eigenvalue weighted by Gasteiger charge is 2.18. The molecule has 3 aromatic rings. The molecule has 12 nitrogen and oxygen atoms in total. The molecule has 3 rings (SSSR count). The number of aromatic nitrogens is 3. The van der Waals surface area contributed by atoms with Crippen LogP contribution in [0.4, 0.5) is 0 Å². The number of amides is 1. The molecule has 2 heterocycles. The molecule has 0 aliphatic rings. The van der Waals surface area contributed by atoms with Gasteiger partial charge in [0, 0.05) is 18.7 Å². The van der Waals surface area contributed by atoms with Crippen LogP contribution in [0.1, 0.15) is 48.7 Å². The van der Waals surface area contributed by atoms with E-state index in [-0.39, 0.29) is 30.3 Å². The highest BCUT2D eigenvalue weighted by Crippen LogP contribution is 2.29. The monoisotopic (exact) mass is 563 g/mol. The van der Waals surface area contributed by atoms with Gasteiger partial charge in [0.25, 0.3) is 17.6 Å². The van der Waals surface area contributed by atoms with E-state index in [2.05, 4.69) is 25.4 Å². The fourth-order valence-corrected chi connectivity index (χ4v) is 3.38. The molecular weight excluding hydrogens is 530 g/mol. The number of benzene rings is 1. The van der Waals surface area contributed by atoms with E-state index in [1.807, 2.05) is 32.9 Å². The fourth-order valence-electron chi connectivity index (χ4n) is 3.38. The van der Waals surface area contributed by atoms with Crippen LogP contribution in [0.2, 0.25) is 0 Å². The molecule has 1 aromatic carbocycles.